The number of methoxy groups -OCH3 is 1. The summed E-state index contributed by atoms with van der Waals surface area (Å²) in [6, 6.07) is 12.1. The molecule has 0 saturated carbocycles. The maximum absolute atomic E-state index is 12.0. The number of carbonyl (C=O) groups excluding carboxylic acids is 1. The van der Waals surface area contributed by atoms with Gasteiger partial charge in [0.1, 0.15) is 18.2 Å². The lowest BCUT2D eigenvalue weighted by molar-refractivity contribution is -0.143. The number of rotatable bonds is 6. The smallest absolute Gasteiger partial charge is 0.249 e. The van der Waals surface area contributed by atoms with Crippen LogP contribution >= 0.6 is 0 Å². The van der Waals surface area contributed by atoms with Crippen LogP contribution in [0.3, 0.4) is 0 Å². The SMILES string of the molecule is COCC(=O)N1CCC1c1cc(NCc2ccccc2)nc(C)n1. The highest BCUT2D eigenvalue weighted by molar-refractivity contribution is 5.78. The van der Waals surface area contributed by atoms with Crippen molar-refractivity contribution in [2.75, 3.05) is 25.6 Å². The second-order valence-corrected chi connectivity index (χ2v) is 5.89. The molecule has 2 heterocycles. The summed E-state index contributed by atoms with van der Waals surface area (Å²) in [4.78, 5) is 22.8. The third-order valence-corrected chi connectivity index (χ3v) is 4.12. The molecule has 2 aromatic rings. The Bertz CT molecular complexity index is 705. The molecule has 0 radical (unpaired) electrons. The van der Waals surface area contributed by atoms with Crippen LogP contribution in [0, 0.1) is 6.92 Å². The van der Waals surface area contributed by atoms with E-state index in [9.17, 15) is 4.79 Å². The topological polar surface area (TPSA) is 67.3 Å². The van der Waals surface area contributed by atoms with Crippen molar-refractivity contribution in [3.05, 3.63) is 53.5 Å². The number of anilines is 1. The van der Waals surface area contributed by atoms with Crippen molar-refractivity contribution < 1.29 is 9.53 Å². The first-order valence-electron chi connectivity index (χ1n) is 8.09. The Labute approximate surface area is 141 Å². The molecule has 1 saturated heterocycles. The number of amides is 1. The van der Waals surface area contributed by atoms with Crippen LogP contribution in [0.15, 0.2) is 36.4 Å². The minimum Gasteiger partial charge on any atom is -0.375 e. The standard InChI is InChI=1S/C18H22N4O2/c1-13-20-15(16-8-9-22(16)18(23)12-24-2)10-17(21-13)19-11-14-6-4-3-5-7-14/h3-7,10,16H,8-9,11-12H2,1-2H3,(H,19,20,21). The molecular formula is C18H22N4O2. The predicted molar refractivity (Wildman–Crippen MR) is 91.5 cm³/mol. The van der Waals surface area contributed by atoms with Crippen LogP contribution in [0.4, 0.5) is 5.82 Å². The molecule has 0 spiro atoms. The van der Waals surface area contributed by atoms with Gasteiger partial charge in [-0.1, -0.05) is 30.3 Å². The second-order valence-electron chi connectivity index (χ2n) is 5.89. The summed E-state index contributed by atoms with van der Waals surface area (Å²) in [5.41, 5.74) is 2.07. The summed E-state index contributed by atoms with van der Waals surface area (Å²) in [7, 11) is 1.53. The van der Waals surface area contributed by atoms with Crippen molar-refractivity contribution >= 4 is 11.7 Å². The van der Waals surface area contributed by atoms with E-state index in [1.54, 1.807) is 0 Å². The fourth-order valence-electron chi connectivity index (χ4n) is 2.84. The lowest BCUT2D eigenvalue weighted by Gasteiger charge is -2.40. The molecule has 1 atom stereocenters. The molecule has 1 aromatic heterocycles. The van der Waals surface area contributed by atoms with E-state index in [-0.39, 0.29) is 18.6 Å². The first-order chi connectivity index (χ1) is 11.7. The normalized spacial score (nSPS) is 16.6. The van der Waals surface area contributed by atoms with Crippen LogP contribution in [0.1, 0.15) is 29.5 Å². The van der Waals surface area contributed by atoms with Gasteiger partial charge < -0.3 is 15.0 Å². The van der Waals surface area contributed by atoms with Crippen molar-refractivity contribution in [1.29, 1.82) is 0 Å². The van der Waals surface area contributed by atoms with E-state index in [0.29, 0.717) is 12.4 Å². The number of nitrogens with one attached hydrogen (secondary N) is 1. The maximum Gasteiger partial charge on any atom is 0.249 e. The first-order valence-corrected chi connectivity index (χ1v) is 8.09. The van der Waals surface area contributed by atoms with Crippen LogP contribution in [-0.4, -0.2) is 41.0 Å². The monoisotopic (exact) mass is 326 g/mol. The fourth-order valence-corrected chi connectivity index (χ4v) is 2.84. The van der Waals surface area contributed by atoms with Crippen LogP contribution < -0.4 is 5.32 Å². The first kappa shape index (κ1) is 16.4. The van der Waals surface area contributed by atoms with Gasteiger partial charge in [0, 0.05) is 26.3 Å². The van der Waals surface area contributed by atoms with E-state index in [0.717, 1.165) is 24.5 Å². The minimum atomic E-state index is 0.00353. The van der Waals surface area contributed by atoms with Crippen molar-refractivity contribution in [2.24, 2.45) is 0 Å². The number of aromatic nitrogens is 2. The van der Waals surface area contributed by atoms with Crippen LogP contribution in [-0.2, 0) is 16.1 Å². The molecule has 0 aliphatic carbocycles. The fraction of sp³-hybridized carbons (Fsp3) is 0.389. The van der Waals surface area contributed by atoms with Crippen molar-refractivity contribution in [1.82, 2.24) is 14.9 Å². The molecule has 1 aliphatic rings. The number of hydrogen-bond acceptors (Lipinski definition) is 5. The molecule has 1 fully saturated rings. The van der Waals surface area contributed by atoms with E-state index in [2.05, 4.69) is 27.4 Å². The van der Waals surface area contributed by atoms with Crippen LogP contribution in [0.25, 0.3) is 0 Å². The van der Waals surface area contributed by atoms with Gasteiger partial charge in [-0.05, 0) is 18.9 Å². The zero-order valence-corrected chi connectivity index (χ0v) is 14.0. The summed E-state index contributed by atoms with van der Waals surface area (Å²) in [6.07, 6.45) is 0.921. The Morgan fingerprint density at radius 2 is 2.12 bits per heavy atom. The Morgan fingerprint density at radius 3 is 2.79 bits per heavy atom. The highest BCUT2D eigenvalue weighted by Crippen LogP contribution is 2.33. The van der Waals surface area contributed by atoms with E-state index in [1.807, 2.05) is 36.1 Å². The predicted octanol–water partition coefficient (Wildman–Crippen LogP) is 2.32. The van der Waals surface area contributed by atoms with Gasteiger partial charge in [0.05, 0.1) is 11.7 Å². The van der Waals surface area contributed by atoms with E-state index >= 15 is 0 Å². The molecule has 1 N–H and O–H groups in total. The molecule has 1 aliphatic heterocycles. The summed E-state index contributed by atoms with van der Waals surface area (Å²) in [6.45, 7) is 3.44. The largest absolute Gasteiger partial charge is 0.375 e. The molecule has 1 unspecified atom stereocenters. The van der Waals surface area contributed by atoms with Gasteiger partial charge in [0.15, 0.2) is 0 Å². The molecular weight excluding hydrogens is 304 g/mol. The van der Waals surface area contributed by atoms with Gasteiger partial charge in [-0.25, -0.2) is 9.97 Å². The number of benzene rings is 1. The number of nitrogens with zero attached hydrogens (tertiary/aromatic N) is 3. The zero-order chi connectivity index (χ0) is 16.9. The number of likely N-dealkylation sites (tertiary alicyclic amines) is 1. The molecule has 0 bridgehead atoms. The highest BCUT2D eigenvalue weighted by Gasteiger charge is 2.34. The van der Waals surface area contributed by atoms with Gasteiger partial charge >= 0.3 is 0 Å². The Morgan fingerprint density at radius 1 is 1.33 bits per heavy atom. The average molecular weight is 326 g/mol. The molecule has 6 nitrogen and oxygen atoms in total. The van der Waals surface area contributed by atoms with Gasteiger partial charge in [-0.15, -0.1) is 0 Å². The van der Waals surface area contributed by atoms with E-state index in [1.165, 1.54) is 12.7 Å². The van der Waals surface area contributed by atoms with Gasteiger partial charge in [0.25, 0.3) is 0 Å². The van der Waals surface area contributed by atoms with E-state index in [4.69, 9.17) is 4.74 Å². The van der Waals surface area contributed by atoms with Gasteiger partial charge in [-0.2, -0.15) is 0 Å². The van der Waals surface area contributed by atoms with Crippen molar-refractivity contribution in [3.8, 4) is 0 Å². The summed E-state index contributed by atoms with van der Waals surface area (Å²) >= 11 is 0. The van der Waals surface area contributed by atoms with Crippen molar-refractivity contribution in [3.63, 3.8) is 0 Å². The summed E-state index contributed by atoms with van der Waals surface area (Å²) in [5, 5.41) is 3.34. The van der Waals surface area contributed by atoms with Crippen LogP contribution in [0.2, 0.25) is 0 Å². The lowest BCUT2D eigenvalue weighted by Crippen LogP contribution is -2.47. The minimum absolute atomic E-state index is 0.00353. The molecule has 126 valence electrons. The maximum atomic E-state index is 12.0. The molecule has 24 heavy (non-hydrogen) atoms. The molecule has 3 rings (SSSR count). The molecule has 6 heteroatoms. The van der Waals surface area contributed by atoms with Gasteiger partial charge in [0.2, 0.25) is 5.91 Å². The number of hydrogen-bond donors (Lipinski definition) is 1. The van der Waals surface area contributed by atoms with E-state index < -0.39 is 0 Å². The summed E-state index contributed by atoms with van der Waals surface area (Å²) in [5.74, 6) is 1.49. The second kappa shape index (κ2) is 7.40. The number of ether oxygens (including phenoxy) is 1. The summed E-state index contributed by atoms with van der Waals surface area (Å²) < 4.78 is 4.94. The Hall–Kier alpha value is -2.47. The molecule has 1 aromatic carbocycles. The Balaban J connectivity index is 1.71. The van der Waals surface area contributed by atoms with Crippen molar-refractivity contribution in [2.45, 2.75) is 25.9 Å². The van der Waals surface area contributed by atoms with Gasteiger partial charge in [-0.3, -0.25) is 4.79 Å². The molecule has 1 amide bonds. The number of carbonyl (C=O) groups is 1. The Kier molecular flexibility index (Phi) is 5.05. The third-order valence-electron chi connectivity index (χ3n) is 4.12. The lowest BCUT2D eigenvalue weighted by atomic mass is 9.99. The zero-order valence-electron chi connectivity index (χ0n) is 14.0. The third kappa shape index (κ3) is 3.71. The quantitative estimate of drug-likeness (QED) is 0.882. The number of aryl methyl sites for hydroxylation is 1. The highest BCUT2D eigenvalue weighted by atomic mass is 16.5. The average Bonchev–Trinajstić information content (AvgIpc) is 2.53. The van der Waals surface area contributed by atoms with Crippen LogP contribution in [0.5, 0.6) is 0 Å².